The van der Waals surface area contributed by atoms with Crippen molar-refractivity contribution in [1.82, 2.24) is 10.3 Å². The van der Waals surface area contributed by atoms with Crippen LogP contribution < -0.4 is 5.32 Å². The van der Waals surface area contributed by atoms with Crippen LogP contribution in [0.25, 0.3) is 10.9 Å². The summed E-state index contributed by atoms with van der Waals surface area (Å²) in [4.78, 5) is 15.4. The first-order valence-electron chi connectivity index (χ1n) is 8.78. The summed E-state index contributed by atoms with van der Waals surface area (Å²) in [5.41, 5.74) is 3.45. The van der Waals surface area contributed by atoms with Gasteiger partial charge in [0.05, 0.1) is 6.54 Å². The van der Waals surface area contributed by atoms with Crippen LogP contribution in [0.1, 0.15) is 29.5 Å². The van der Waals surface area contributed by atoms with Crippen LogP contribution in [0, 0.1) is 0 Å². The molecule has 1 heterocycles. The zero-order valence-corrected chi connectivity index (χ0v) is 14.1. The van der Waals surface area contributed by atoms with E-state index in [0.717, 1.165) is 28.5 Å². The highest BCUT2D eigenvalue weighted by molar-refractivity contribution is 5.80. The number of nitrogens with one attached hydrogen (secondary N) is 2. The van der Waals surface area contributed by atoms with Crippen LogP contribution in [0.2, 0.25) is 0 Å². The molecule has 1 aliphatic carbocycles. The minimum Gasteiger partial charge on any atom is -0.383 e. The van der Waals surface area contributed by atoms with Gasteiger partial charge >= 0.3 is 0 Å². The molecule has 0 saturated heterocycles. The fourth-order valence-electron chi connectivity index (χ4n) is 3.70. The number of hydrogen-bond donors (Lipinski definition) is 3. The number of aryl methyl sites for hydroxylation is 2. The van der Waals surface area contributed by atoms with Gasteiger partial charge < -0.3 is 15.4 Å². The molecule has 1 aromatic heterocycles. The second-order valence-electron chi connectivity index (χ2n) is 6.86. The molecule has 0 spiro atoms. The summed E-state index contributed by atoms with van der Waals surface area (Å²) in [5, 5.41) is 14.9. The van der Waals surface area contributed by atoms with Crippen LogP contribution >= 0.6 is 0 Å². The van der Waals surface area contributed by atoms with E-state index in [0.29, 0.717) is 19.3 Å². The van der Waals surface area contributed by atoms with Gasteiger partial charge in [-0.2, -0.15) is 0 Å². The third kappa shape index (κ3) is 3.17. The zero-order chi connectivity index (χ0) is 17.3. The maximum atomic E-state index is 12.2. The SMILES string of the molecule is O=C(CCc1ccc2[nH]ccc2c1)NCC1(O)CCc2ccccc21. The van der Waals surface area contributed by atoms with Gasteiger partial charge in [0.25, 0.3) is 0 Å². The summed E-state index contributed by atoms with van der Waals surface area (Å²) in [7, 11) is 0. The van der Waals surface area contributed by atoms with Gasteiger partial charge in [-0.05, 0) is 59.5 Å². The molecule has 3 N–H and O–H groups in total. The van der Waals surface area contributed by atoms with Crippen molar-refractivity contribution in [3.63, 3.8) is 0 Å². The highest BCUT2D eigenvalue weighted by Gasteiger charge is 2.36. The molecule has 3 aromatic rings. The number of amides is 1. The van der Waals surface area contributed by atoms with Crippen molar-refractivity contribution in [3.8, 4) is 0 Å². The van der Waals surface area contributed by atoms with Gasteiger partial charge in [-0.1, -0.05) is 30.3 Å². The number of aliphatic hydroxyl groups is 1. The topological polar surface area (TPSA) is 65.1 Å². The van der Waals surface area contributed by atoms with Crippen LogP contribution in [0.5, 0.6) is 0 Å². The zero-order valence-electron chi connectivity index (χ0n) is 14.1. The highest BCUT2D eigenvalue weighted by Crippen LogP contribution is 2.36. The molecule has 2 aromatic carbocycles. The second-order valence-corrected chi connectivity index (χ2v) is 6.86. The van der Waals surface area contributed by atoms with Gasteiger partial charge in [0.2, 0.25) is 5.91 Å². The fourth-order valence-corrected chi connectivity index (χ4v) is 3.70. The third-order valence-electron chi connectivity index (χ3n) is 5.16. The molecule has 1 amide bonds. The average Bonchev–Trinajstić information content (AvgIpc) is 3.23. The number of hydrogen-bond acceptors (Lipinski definition) is 2. The number of carbonyl (C=O) groups is 1. The van der Waals surface area contributed by atoms with Crippen molar-refractivity contribution >= 4 is 16.8 Å². The molecule has 4 heteroatoms. The number of rotatable bonds is 5. The Morgan fingerprint density at radius 2 is 2.08 bits per heavy atom. The second kappa shape index (κ2) is 6.37. The Labute approximate surface area is 146 Å². The van der Waals surface area contributed by atoms with E-state index in [9.17, 15) is 9.90 Å². The lowest BCUT2D eigenvalue weighted by atomic mass is 9.96. The highest BCUT2D eigenvalue weighted by atomic mass is 16.3. The fraction of sp³-hybridized carbons (Fsp3) is 0.286. The molecule has 0 bridgehead atoms. The largest absolute Gasteiger partial charge is 0.383 e. The number of H-pyrrole nitrogens is 1. The molecule has 0 aliphatic heterocycles. The minimum absolute atomic E-state index is 0.0213. The van der Waals surface area contributed by atoms with Gasteiger partial charge in [0, 0.05) is 18.1 Å². The lowest BCUT2D eigenvalue weighted by Crippen LogP contribution is -2.39. The lowest BCUT2D eigenvalue weighted by molar-refractivity contribution is -0.122. The van der Waals surface area contributed by atoms with Crippen molar-refractivity contribution < 1.29 is 9.90 Å². The van der Waals surface area contributed by atoms with Gasteiger partial charge in [-0.3, -0.25) is 4.79 Å². The van der Waals surface area contributed by atoms with Gasteiger partial charge in [0.1, 0.15) is 5.60 Å². The first-order chi connectivity index (χ1) is 12.1. The number of benzene rings is 2. The summed E-state index contributed by atoms with van der Waals surface area (Å²) in [6.07, 6.45) is 4.56. The van der Waals surface area contributed by atoms with E-state index in [2.05, 4.69) is 16.4 Å². The third-order valence-corrected chi connectivity index (χ3v) is 5.16. The number of carbonyl (C=O) groups excluding carboxylic acids is 1. The van der Waals surface area contributed by atoms with Crippen molar-refractivity contribution in [3.05, 3.63) is 71.4 Å². The van der Waals surface area contributed by atoms with E-state index in [1.807, 2.05) is 48.7 Å². The Kier molecular flexibility index (Phi) is 4.06. The Balaban J connectivity index is 1.33. The van der Waals surface area contributed by atoms with Crippen LogP contribution in [0.3, 0.4) is 0 Å². The Morgan fingerprint density at radius 1 is 1.20 bits per heavy atom. The quantitative estimate of drug-likeness (QED) is 0.671. The average molecular weight is 334 g/mol. The maximum Gasteiger partial charge on any atom is 0.220 e. The summed E-state index contributed by atoms with van der Waals surface area (Å²) in [6.45, 7) is 0.277. The monoisotopic (exact) mass is 334 g/mol. The Bertz CT molecular complexity index is 915. The summed E-state index contributed by atoms with van der Waals surface area (Å²) in [6, 6.07) is 16.2. The number of aromatic nitrogens is 1. The van der Waals surface area contributed by atoms with Crippen molar-refractivity contribution in [2.45, 2.75) is 31.3 Å². The maximum absolute atomic E-state index is 12.2. The van der Waals surface area contributed by atoms with Crippen molar-refractivity contribution in [1.29, 1.82) is 0 Å². The van der Waals surface area contributed by atoms with Gasteiger partial charge in [-0.15, -0.1) is 0 Å². The molecule has 128 valence electrons. The molecular formula is C21H22N2O2. The van der Waals surface area contributed by atoms with E-state index < -0.39 is 5.60 Å². The molecule has 0 saturated carbocycles. The van der Waals surface area contributed by atoms with Crippen LogP contribution in [0.15, 0.2) is 54.7 Å². The molecule has 25 heavy (non-hydrogen) atoms. The van der Waals surface area contributed by atoms with Crippen LogP contribution in [-0.2, 0) is 23.2 Å². The molecular weight excluding hydrogens is 312 g/mol. The molecule has 0 fully saturated rings. The van der Waals surface area contributed by atoms with Crippen LogP contribution in [0.4, 0.5) is 0 Å². The number of aromatic amines is 1. The molecule has 1 unspecified atom stereocenters. The standard InChI is InChI=1S/C21H22N2O2/c24-20(8-6-15-5-7-19-17(13-15)10-12-22-19)23-14-21(25)11-9-16-3-1-2-4-18(16)21/h1-5,7,10,12-13,22,25H,6,8-9,11,14H2,(H,23,24). The summed E-state index contributed by atoms with van der Waals surface area (Å²) >= 11 is 0. The van der Waals surface area contributed by atoms with E-state index in [1.165, 1.54) is 5.56 Å². The first kappa shape index (κ1) is 15.9. The molecule has 4 rings (SSSR count). The van der Waals surface area contributed by atoms with Gasteiger partial charge in [-0.25, -0.2) is 0 Å². The molecule has 1 aliphatic rings. The molecule has 4 nitrogen and oxygen atoms in total. The van der Waals surface area contributed by atoms with E-state index in [4.69, 9.17) is 0 Å². The molecule has 0 radical (unpaired) electrons. The lowest BCUT2D eigenvalue weighted by Gasteiger charge is -2.24. The summed E-state index contributed by atoms with van der Waals surface area (Å²) in [5.74, 6) is -0.0213. The predicted octanol–water partition coefficient (Wildman–Crippen LogP) is 3.05. The Hall–Kier alpha value is -2.59. The normalized spacial score (nSPS) is 19.1. The molecule has 1 atom stereocenters. The van der Waals surface area contributed by atoms with E-state index >= 15 is 0 Å². The minimum atomic E-state index is -0.934. The van der Waals surface area contributed by atoms with E-state index in [1.54, 1.807) is 0 Å². The summed E-state index contributed by atoms with van der Waals surface area (Å²) < 4.78 is 0. The van der Waals surface area contributed by atoms with Gasteiger partial charge in [0.15, 0.2) is 0 Å². The predicted molar refractivity (Wildman–Crippen MR) is 98.3 cm³/mol. The van der Waals surface area contributed by atoms with Crippen molar-refractivity contribution in [2.24, 2.45) is 0 Å². The number of fused-ring (bicyclic) bond motifs is 2. The Morgan fingerprint density at radius 3 is 3.00 bits per heavy atom. The smallest absolute Gasteiger partial charge is 0.220 e. The van der Waals surface area contributed by atoms with Crippen molar-refractivity contribution in [2.75, 3.05) is 6.54 Å². The first-order valence-corrected chi connectivity index (χ1v) is 8.78. The van der Waals surface area contributed by atoms with Crippen LogP contribution in [-0.4, -0.2) is 22.5 Å². The van der Waals surface area contributed by atoms with E-state index in [-0.39, 0.29) is 12.5 Å².